The van der Waals surface area contributed by atoms with E-state index in [2.05, 4.69) is 16.1 Å². The molecule has 1 aromatic heterocycles. The number of nitriles is 1. The van der Waals surface area contributed by atoms with Gasteiger partial charge in [0.25, 0.3) is 0 Å². The highest BCUT2D eigenvalue weighted by molar-refractivity contribution is 7.89. The quantitative estimate of drug-likeness (QED) is 0.753. The summed E-state index contributed by atoms with van der Waals surface area (Å²) in [6, 6.07) is 11.1. The molecule has 6 nitrogen and oxygen atoms in total. The Morgan fingerprint density at radius 3 is 2.74 bits per heavy atom. The van der Waals surface area contributed by atoms with E-state index in [1.54, 1.807) is 36.1 Å². The van der Waals surface area contributed by atoms with Crippen molar-refractivity contribution in [3.63, 3.8) is 0 Å². The molecule has 0 radical (unpaired) electrons. The Morgan fingerprint density at radius 2 is 2.09 bits per heavy atom. The van der Waals surface area contributed by atoms with Crippen molar-refractivity contribution in [1.29, 1.82) is 5.26 Å². The maximum absolute atomic E-state index is 12.1. The lowest BCUT2D eigenvalue weighted by molar-refractivity contribution is 0.553. The average Bonchev–Trinajstić information content (AvgIpc) is 2.99. The average molecular weight is 332 g/mol. The van der Waals surface area contributed by atoms with Gasteiger partial charge in [-0.15, -0.1) is 0 Å². The molecule has 2 aromatic rings. The van der Waals surface area contributed by atoms with Crippen molar-refractivity contribution in [2.75, 3.05) is 13.1 Å². The zero-order valence-electron chi connectivity index (χ0n) is 13.2. The summed E-state index contributed by atoms with van der Waals surface area (Å²) in [6.45, 7) is 2.76. The summed E-state index contributed by atoms with van der Waals surface area (Å²) in [7, 11) is -1.69. The maximum Gasteiger partial charge on any atom is 0.242 e. The van der Waals surface area contributed by atoms with Gasteiger partial charge in [-0.25, -0.2) is 13.1 Å². The topological polar surface area (TPSA) is 86.9 Å². The predicted octanol–water partition coefficient (Wildman–Crippen LogP) is 1.53. The predicted molar refractivity (Wildman–Crippen MR) is 88.2 cm³/mol. The van der Waals surface area contributed by atoms with Crippen molar-refractivity contribution in [1.82, 2.24) is 14.6 Å². The van der Waals surface area contributed by atoms with Gasteiger partial charge in [-0.2, -0.15) is 5.26 Å². The molecule has 0 amide bonds. The van der Waals surface area contributed by atoms with Crippen LogP contribution in [-0.4, -0.2) is 26.1 Å². The molecular formula is C16H20N4O2S. The molecule has 1 heterocycles. The molecule has 0 saturated carbocycles. The minimum Gasteiger partial charge on any atom is -0.356 e. The van der Waals surface area contributed by atoms with Crippen LogP contribution in [0.1, 0.15) is 24.1 Å². The molecule has 0 saturated heterocycles. The van der Waals surface area contributed by atoms with Crippen LogP contribution < -0.4 is 10.0 Å². The van der Waals surface area contributed by atoms with Gasteiger partial charge in [0.2, 0.25) is 10.0 Å². The third-order valence-electron chi connectivity index (χ3n) is 3.50. The minimum atomic E-state index is -3.47. The van der Waals surface area contributed by atoms with Crippen LogP contribution in [-0.2, 0) is 17.1 Å². The fraction of sp³-hybridized carbons (Fsp3) is 0.312. The van der Waals surface area contributed by atoms with E-state index in [9.17, 15) is 8.42 Å². The van der Waals surface area contributed by atoms with E-state index in [-0.39, 0.29) is 10.9 Å². The number of aromatic nitrogens is 1. The van der Waals surface area contributed by atoms with E-state index >= 15 is 0 Å². The molecule has 0 aliphatic rings. The third-order valence-corrected chi connectivity index (χ3v) is 4.94. The summed E-state index contributed by atoms with van der Waals surface area (Å²) in [4.78, 5) is 0.259. The Morgan fingerprint density at radius 1 is 1.30 bits per heavy atom. The van der Waals surface area contributed by atoms with Gasteiger partial charge in [0.1, 0.15) is 0 Å². The van der Waals surface area contributed by atoms with E-state index in [1.165, 1.54) is 0 Å². The van der Waals surface area contributed by atoms with Crippen LogP contribution in [0.5, 0.6) is 0 Å². The number of aryl methyl sites for hydroxylation is 1. The standard InChI is InChI=1S/C16H20N4O2S/c1-13(15-5-3-4-14(10-15)11-17)18-7-8-19-23(21,22)16-6-9-20(2)12-16/h3-6,9-10,12-13,18-19H,7-8H2,1-2H3/t13-/m0/s1. The molecule has 0 fully saturated rings. The van der Waals surface area contributed by atoms with Gasteiger partial charge < -0.3 is 9.88 Å². The maximum atomic E-state index is 12.1. The second kappa shape index (κ2) is 7.42. The van der Waals surface area contributed by atoms with Crippen molar-refractivity contribution in [3.05, 3.63) is 53.9 Å². The number of sulfonamides is 1. The number of nitrogens with zero attached hydrogens (tertiary/aromatic N) is 2. The summed E-state index contributed by atoms with van der Waals surface area (Å²) in [6.07, 6.45) is 3.25. The molecule has 23 heavy (non-hydrogen) atoms. The molecule has 0 unspecified atom stereocenters. The van der Waals surface area contributed by atoms with Gasteiger partial charge in [0.15, 0.2) is 0 Å². The first-order valence-corrected chi connectivity index (χ1v) is 8.76. The zero-order valence-corrected chi connectivity index (χ0v) is 14.0. The van der Waals surface area contributed by atoms with E-state index in [0.29, 0.717) is 18.7 Å². The fourth-order valence-corrected chi connectivity index (χ4v) is 3.27. The summed E-state index contributed by atoms with van der Waals surface area (Å²) in [5.41, 5.74) is 1.61. The highest BCUT2D eigenvalue weighted by Gasteiger charge is 2.14. The van der Waals surface area contributed by atoms with Crippen LogP contribution in [0.15, 0.2) is 47.6 Å². The second-order valence-corrected chi connectivity index (χ2v) is 7.09. The van der Waals surface area contributed by atoms with Gasteiger partial charge in [-0.3, -0.25) is 0 Å². The Balaban J connectivity index is 1.84. The normalized spacial score (nSPS) is 12.7. The summed E-state index contributed by atoms with van der Waals surface area (Å²) in [5.74, 6) is 0. The number of rotatable bonds is 7. The van der Waals surface area contributed by atoms with Gasteiger partial charge in [-0.05, 0) is 30.7 Å². The van der Waals surface area contributed by atoms with Gasteiger partial charge in [0, 0.05) is 38.6 Å². The smallest absolute Gasteiger partial charge is 0.242 e. The van der Waals surface area contributed by atoms with Crippen molar-refractivity contribution in [3.8, 4) is 6.07 Å². The number of benzene rings is 1. The molecule has 2 N–H and O–H groups in total. The molecule has 2 rings (SSSR count). The van der Waals surface area contributed by atoms with E-state index in [4.69, 9.17) is 5.26 Å². The second-order valence-electron chi connectivity index (χ2n) is 5.32. The van der Waals surface area contributed by atoms with Crippen molar-refractivity contribution < 1.29 is 8.42 Å². The summed E-state index contributed by atoms with van der Waals surface area (Å²) < 4.78 is 28.4. The van der Waals surface area contributed by atoms with Gasteiger partial charge >= 0.3 is 0 Å². The molecule has 0 spiro atoms. The summed E-state index contributed by atoms with van der Waals surface area (Å²) >= 11 is 0. The number of nitrogens with one attached hydrogen (secondary N) is 2. The molecule has 0 bridgehead atoms. The SMILES string of the molecule is C[C@H](NCCNS(=O)(=O)c1ccn(C)c1)c1cccc(C#N)c1. The molecule has 0 aliphatic carbocycles. The lowest BCUT2D eigenvalue weighted by Gasteiger charge is -2.14. The van der Waals surface area contributed by atoms with Crippen LogP contribution in [0.3, 0.4) is 0 Å². The fourth-order valence-electron chi connectivity index (χ4n) is 2.19. The molecular weight excluding hydrogens is 312 g/mol. The van der Waals surface area contributed by atoms with E-state index in [1.807, 2.05) is 25.1 Å². The molecule has 122 valence electrons. The first-order chi connectivity index (χ1) is 10.9. The Hall–Kier alpha value is -2.14. The minimum absolute atomic E-state index is 0.0320. The molecule has 1 aromatic carbocycles. The molecule has 1 atom stereocenters. The highest BCUT2D eigenvalue weighted by Crippen LogP contribution is 2.13. The highest BCUT2D eigenvalue weighted by atomic mass is 32.2. The van der Waals surface area contributed by atoms with Crippen LogP contribution in [0.2, 0.25) is 0 Å². The molecule has 0 aliphatic heterocycles. The third kappa shape index (κ3) is 4.66. The van der Waals surface area contributed by atoms with E-state index < -0.39 is 10.0 Å². The Labute approximate surface area is 136 Å². The molecule has 7 heteroatoms. The largest absolute Gasteiger partial charge is 0.356 e. The zero-order chi connectivity index (χ0) is 16.9. The lowest BCUT2D eigenvalue weighted by atomic mass is 10.1. The monoisotopic (exact) mass is 332 g/mol. The van der Waals surface area contributed by atoms with Crippen molar-refractivity contribution in [2.24, 2.45) is 7.05 Å². The number of hydrogen-bond acceptors (Lipinski definition) is 4. The van der Waals surface area contributed by atoms with Crippen molar-refractivity contribution >= 4 is 10.0 Å². The first kappa shape index (κ1) is 17.2. The van der Waals surface area contributed by atoms with Crippen molar-refractivity contribution in [2.45, 2.75) is 17.9 Å². The summed E-state index contributed by atoms with van der Waals surface area (Å²) in [5, 5.41) is 12.1. The van der Waals surface area contributed by atoms with Crippen LogP contribution in [0.4, 0.5) is 0 Å². The van der Waals surface area contributed by atoms with E-state index in [0.717, 1.165) is 5.56 Å². The van der Waals surface area contributed by atoms with Gasteiger partial charge in [-0.1, -0.05) is 12.1 Å². The Bertz CT molecular complexity index is 805. The van der Waals surface area contributed by atoms with Crippen LogP contribution in [0.25, 0.3) is 0 Å². The first-order valence-electron chi connectivity index (χ1n) is 7.27. The van der Waals surface area contributed by atoms with Gasteiger partial charge in [0.05, 0.1) is 16.5 Å². The number of hydrogen-bond donors (Lipinski definition) is 2. The lowest BCUT2D eigenvalue weighted by Crippen LogP contribution is -2.32. The van der Waals surface area contributed by atoms with Crippen LogP contribution >= 0.6 is 0 Å². The van der Waals surface area contributed by atoms with Crippen LogP contribution in [0, 0.1) is 11.3 Å². The Kier molecular flexibility index (Phi) is 5.55.